The van der Waals surface area contributed by atoms with E-state index < -0.39 is 0 Å². The Hall–Kier alpha value is -0.900. The minimum absolute atomic E-state index is 0.615. The van der Waals surface area contributed by atoms with Gasteiger partial charge in [-0.3, -0.25) is 0 Å². The molecule has 4 nitrogen and oxygen atoms in total. The highest BCUT2D eigenvalue weighted by molar-refractivity contribution is 4.77. The van der Waals surface area contributed by atoms with Gasteiger partial charge in [-0.05, 0) is 6.92 Å². The Morgan fingerprint density at radius 2 is 2.56 bits per heavy atom. The van der Waals surface area contributed by atoms with Crippen molar-refractivity contribution in [2.75, 3.05) is 6.54 Å². The fourth-order valence-electron chi connectivity index (χ4n) is 0.664. The zero-order chi connectivity index (χ0) is 6.69. The molecule has 0 aliphatic heterocycles. The first-order valence-corrected chi connectivity index (χ1v) is 2.89. The van der Waals surface area contributed by atoms with Crippen molar-refractivity contribution in [2.45, 2.75) is 13.5 Å². The molecule has 0 radical (unpaired) electrons. The molecule has 9 heavy (non-hydrogen) atoms. The summed E-state index contributed by atoms with van der Waals surface area (Å²) in [7, 11) is 0. The number of aryl methyl sites for hydroxylation is 1. The first-order chi connectivity index (χ1) is 4.34. The molecule has 0 saturated carbocycles. The van der Waals surface area contributed by atoms with Crippen molar-refractivity contribution < 1.29 is 0 Å². The Labute approximate surface area is 53.7 Å². The highest BCUT2D eigenvalue weighted by Gasteiger charge is 1.93. The summed E-state index contributed by atoms with van der Waals surface area (Å²) in [5.41, 5.74) is 5.30. The number of hydrogen-bond acceptors (Lipinski definition) is 3. The van der Waals surface area contributed by atoms with E-state index in [0.29, 0.717) is 6.54 Å². The third-order valence-electron chi connectivity index (χ3n) is 1.15. The first-order valence-electron chi connectivity index (χ1n) is 2.89. The van der Waals surface area contributed by atoms with Gasteiger partial charge in [-0.2, -0.15) is 5.10 Å². The lowest BCUT2D eigenvalue weighted by Gasteiger charge is -1.96. The molecule has 1 heterocycles. The van der Waals surface area contributed by atoms with Crippen LogP contribution in [0.2, 0.25) is 0 Å². The molecule has 2 N–H and O–H groups in total. The van der Waals surface area contributed by atoms with Crippen molar-refractivity contribution in [1.29, 1.82) is 0 Å². The van der Waals surface area contributed by atoms with Gasteiger partial charge < -0.3 is 5.73 Å². The zero-order valence-corrected chi connectivity index (χ0v) is 5.41. The van der Waals surface area contributed by atoms with Crippen LogP contribution in [-0.2, 0) is 6.54 Å². The Morgan fingerprint density at radius 1 is 1.78 bits per heavy atom. The van der Waals surface area contributed by atoms with Crippen LogP contribution in [0, 0.1) is 6.92 Å². The van der Waals surface area contributed by atoms with Gasteiger partial charge in [0.1, 0.15) is 12.2 Å². The van der Waals surface area contributed by atoms with Crippen LogP contribution in [0.3, 0.4) is 0 Å². The largest absolute Gasteiger partial charge is 0.329 e. The van der Waals surface area contributed by atoms with Gasteiger partial charge >= 0.3 is 0 Å². The molecular formula is C5H10N4. The lowest BCUT2D eigenvalue weighted by molar-refractivity contribution is 0.604. The first kappa shape index (κ1) is 6.22. The third kappa shape index (κ3) is 1.26. The van der Waals surface area contributed by atoms with E-state index in [1.807, 2.05) is 6.92 Å². The Balaban J connectivity index is 2.69. The van der Waals surface area contributed by atoms with Gasteiger partial charge in [0, 0.05) is 6.54 Å². The van der Waals surface area contributed by atoms with Crippen molar-refractivity contribution in [3.63, 3.8) is 0 Å². The number of aromatic nitrogens is 3. The second-order valence-electron chi connectivity index (χ2n) is 1.82. The standard InChI is InChI=1S/C5H10N4/c1-5-7-4-8-9(5)3-2-6/h4H,2-3,6H2,1H3. The molecule has 0 aliphatic rings. The maximum Gasteiger partial charge on any atom is 0.138 e. The van der Waals surface area contributed by atoms with Gasteiger partial charge in [0.25, 0.3) is 0 Å². The van der Waals surface area contributed by atoms with Crippen molar-refractivity contribution >= 4 is 0 Å². The van der Waals surface area contributed by atoms with Crippen LogP contribution >= 0.6 is 0 Å². The van der Waals surface area contributed by atoms with E-state index in [4.69, 9.17) is 5.73 Å². The van der Waals surface area contributed by atoms with E-state index in [-0.39, 0.29) is 0 Å². The summed E-state index contributed by atoms with van der Waals surface area (Å²) in [6.07, 6.45) is 1.53. The molecule has 0 spiro atoms. The molecule has 4 heteroatoms. The van der Waals surface area contributed by atoms with Crippen LogP contribution in [0.1, 0.15) is 5.82 Å². The molecule has 0 bridgehead atoms. The summed E-state index contributed by atoms with van der Waals surface area (Å²) in [6.45, 7) is 3.28. The van der Waals surface area contributed by atoms with Crippen LogP contribution in [0.15, 0.2) is 6.33 Å². The maximum absolute atomic E-state index is 5.30. The van der Waals surface area contributed by atoms with Crippen LogP contribution in [0.5, 0.6) is 0 Å². The van der Waals surface area contributed by atoms with Gasteiger partial charge in [-0.25, -0.2) is 9.67 Å². The van der Waals surface area contributed by atoms with Crippen molar-refractivity contribution in [3.8, 4) is 0 Å². The lowest BCUT2D eigenvalue weighted by Crippen LogP contribution is -2.12. The Bertz CT molecular complexity index is 181. The normalized spacial score (nSPS) is 10.0. The quantitative estimate of drug-likeness (QED) is 0.583. The summed E-state index contributed by atoms with van der Waals surface area (Å²) >= 11 is 0. The number of nitrogens with two attached hydrogens (primary N) is 1. The Morgan fingerprint density at radius 3 is 3.00 bits per heavy atom. The summed E-state index contributed by atoms with van der Waals surface area (Å²) in [5, 5.41) is 3.93. The molecular weight excluding hydrogens is 116 g/mol. The van der Waals surface area contributed by atoms with Crippen LogP contribution in [0.25, 0.3) is 0 Å². The molecule has 0 amide bonds. The third-order valence-corrected chi connectivity index (χ3v) is 1.15. The van der Waals surface area contributed by atoms with E-state index in [1.165, 1.54) is 6.33 Å². The highest BCUT2D eigenvalue weighted by atomic mass is 15.3. The fourth-order valence-corrected chi connectivity index (χ4v) is 0.664. The summed E-state index contributed by atoms with van der Waals surface area (Å²) in [6, 6.07) is 0. The molecule has 1 rings (SSSR count). The van der Waals surface area contributed by atoms with Gasteiger partial charge in [0.05, 0.1) is 6.54 Å². The molecule has 0 atom stereocenters. The van der Waals surface area contributed by atoms with Crippen LogP contribution < -0.4 is 5.73 Å². The molecule has 0 aliphatic carbocycles. The predicted octanol–water partition coefficient (Wildman–Crippen LogP) is -0.455. The maximum atomic E-state index is 5.30. The monoisotopic (exact) mass is 126 g/mol. The van der Waals surface area contributed by atoms with Crippen molar-refractivity contribution in [1.82, 2.24) is 14.8 Å². The molecule has 1 aromatic heterocycles. The predicted molar refractivity (Wildman–Crippen MR) is 33.8 cm³/mol. The van der Waals surface area contributed by atoms with Crippen LogP contribution in [0.4, 0.5) is 0 Å². The minimum Gasteiger partial charge on any atom is -0.329 e. The number of hydrogen-bond donors (Lipinski definition) is 1. The van der Waals surface area contributed by atoms with Crippen molar-refractivity contribution in [2.24, 2.45) is 5.73 Å². The summed E-state index contributed by atoms with van der Waals surface area (Å²) in [4.78, 5) is 3.93. The average molecular weight is 126 g/mol. The molecule has 0 aromatic carbocycles. The average Bonchev–Trinajstić information content (AvgIpc) is 2.18. The summed E-state index contributed by atoms with van der Waals surface area (Å²) < 4.78 is 1.78. The van der Waals surface area contributed by atoms with Gasteiger partial charge in [0.2, 0.25) is 0 Å². The topological polar surface area (TPSA) is 56.7 Å². The zero-order valence-electron chi connectivity index (χ0n) is 5.41. The van der Waals surface area contributed by atoms with E-state index in [1.54, 1.807) is 4.68 Å². The molecule has 0 fully saturated rings. The fraction of sp³-hybridized carbons (Fsp3) is 0.600. The second-order valence-corrected chi connectivity index (χ2v) is 1.82. The van der Waals surface area contributed by atoms with E-state index in [9.17, 15) is 0 Å². The smallest absolute Gasteiger partial charge is 0.138 e. The SMILES string of the molecule is Cc1ncnn1CCN. The number of rotatable bonds is 2. The van der Waals surface area contributed by atoms with E-state index in [2.05, 4.69) is 10.1 Å². The Kier molecular flexibility index (Phi) is 1.79. The molecule has 1 aromatic rings. The van der Waals surface area contributed by atoms with Gasteiger partial charge in [0.15, 0.2) is 0 Å². The number of nitrogens with zero attached hydrogens (tertiary/aromatic N) is 3. The van der Waals surface area contributed by atoms with E-state index >= 15 is 0 Å². The van der Waals surface area contributed by atoms with Gasteiger partial charge in [-0.1, -0.05) is 0 Å². The molecule has 0 saturated heterocycles. The highest BCUT2D eigenvalue weighted by Crippen LogP contribution is 1.87. The van der Waals surface area contributed by atoms with Crippen molar-refractivity contribution in [3.05, 3.63) is 12.2 Å². The van der Waals surface area contributed by atoms with E-state index in [0.717, 1.165) is 12.4 Å². The summed E-state index contributed by atoms with van der Waals surface area (Å²) in [5.74, 6) is 0.917. The molecule has 50 valence electrons. The minimum atomic E-state index is 0.615. The molecule has 0 unspecified atom stereocenters. The van der Waals surface area contributed by atoms with Gasteiger partial charge in [-0.15, -0.1) is 0 Å². The second kappa shape index (κ2) is 2.59. The van der Waals surface area contributed by atoms with Crippen LogP contribution in [-0.4, -0.2) is 21.3 Å². The lowest BCUT2D eigenvalue weighted by atomic mass is 10.6.